The molecule has 0 aliphatic carbocycles. The average Bonchev–Trinajstić information content (AvgIpc) is 3.06. The molecule has 0 aromatic carbocycles. The second-order valence-electron chi connectivity index (χ2n) is 6.39. The van der Waals surface area contributed by atoms with E-state index >= 15 is 0 Å². The number of esters is 1. The number of halogens is 3. The predicted molar refractivity (Wildman–Crippen MR) is 96.3 cm³/mol. The van der Waals surface area contributed by atoms with Crippen molar-refractivity contribution in [2.75, 3.05) is 6.54 Å². The molecule has 1 unspecified atom stereocenters. The Balaban J connectivity index is 2.05. The van der Waals surface area contributed by atoms with E-state index in [1.54, 1.807) is 20.8 Å². The second kappa shape index (κ2) is 9.05. The molecule has 0 radical (unpaired) electrons. The predicted octanol–water partition coefficient (Wildman–Crippen LogP) is 1.47. The number of imide groups is 1. The molecule has 0 saturated heterocycles. The summed E-state index contributed by atoms with van der Waals surface area (Å²) in [6.07, 6.45) is -5.96. The van der Waals surface area contributed by atoms with Gasteiger partial charge in [0.15, 0.2) is 6.10 Å². The number of alkyl halides is 3. The summed E-state index contributed by atoms with van der Waals surface area (Å²) in [6, 6.07) is -0.706. The summed E-state index contributed by atoms with van der Waals surface area (Å²) in [6.45, 7) is 6.43. The Bertz CT molecular complexity index is 973. The van der Waals surface area contributed by atoms with Gasteiger partial charge in [-0.2, -0.15) is 18.2 Å². The highest BCUT2D eigenvalue weighted by Crippen LogP contribution is 2.27. The topological polar surface area (TPSA) is 128 Å². The van der Waals surface area contributed by atoms with E-state index in [4.69, 9.17) is 4.74 Å². The minimum Gasteiger partial charge on any atom is -0.453 e. The van der Waals surface area contributed by atoms with Gasteiger partial charge in [-0.05, 0) is 39.7 Å². The maximum Gasteiger partial charge on any atom is 0.453 e. The van der Waals surface area contributed by atoms with Gasteiger partial charge in [0.05, 0.1) is 0 Å². The summed E-state index contributed by atoms with van der Waals surface area (Å²) in [5.41, 5.74) is 1.27. The van der Waals surface area contributed by atoms with Crippen LogP contribution in [0.1, 0.15) is 43.0 Å². The number of hydrogen-bond donors (Lipinski definition) is 2. The molecule has 0 saturated carbocycles. The van der Waals surface area contributed by atoms with Gasteiger partial charge in [0, 0.05) is 24.4 Å². The maximum absolute atomic E-state index is 12.8. The van der Waals surface area contributed by atoms with Crippen LogP contribution in [0.4, 0.5) is 18.0 Å². The Hall–Kier alpha value is -3.25. The zero-order chi connectivity index (χ0) is 22.6. The smallest absolute Gasteiger partial charge is 0.453 e. The molecular weight excluding hydrogens is 409 g/mol. The first-order chi connectivity index (χ1) is 13.9. The van der Waals surface area contributed by atoms with Gasteiger partial charge in [0.2, 0.25) is 0 Å². The number of hydrogen-bond acceptors (Lipinski definition) is 7. The van der Waals surface area contributed by atoms with Crippen LogP contribution in [-0.2, 0) is 26.9 Å². The van der Waals surface area contributed by atoms with E-state index in [0.717, 1.165) is 4.52 Å². The lowest BCUT2D eigenvalue weighted by molar-refractivity contribution is -0.154. The van der Waals surface area contributed by atoms with Crippen LogP contribution in [0, 0.1) is 13.8 Å². The molecule has 13 heteroatoms. The third-order valence-electron chi connectivity index (χ3n) is 4.13. The molecular formula is C17H21F3N6O4. The number of rotatable bonds is 6. The number of nitrogens with one attached hydrogen (secondary N) is 2. The monoisotopic (exact) mass is 430 g/mol. The Kier molecular flexibility index (Phi) is 6.95. The maximum atomic E-state index is 12.8. The highest BCUT2D eigenvalue weighted by molar-refractivity contribution is 5.97. The van der Waals surface area contributed by atoms with Crippen molar-refractivity contribution < 1.29 is 32.3 Å². The van der Waals surface area contributed by atoms with Crippen LogP contribution in [0.2, 0.25) is 0 Å². The first kappa shape index (κ1) is 23.0. The van der Waals surface area contributed by atoms with E-state index in [2.05, 4.69) is 20.4 Å². The highest BCUT2D eigenvalue weighted by atomic mass is 19.4. The van der Waals surface area contributed by atoms with E-state index in [1.807, 2.05) is 5.32 Å². The van der Waals surface area contributed by atoms with Gasteiger partial charge < -0.3 is 10.1 Å². The van der Waals surface area contributed by atoms with E-state index in [-0.39, 0.29) is 18.6 Å². The number of aromatic nitrogens is 4. The first-order valence-corrected chi connectivity index (χ1v) is 9.02. The SMILES string of the molecule is CCNC(=O)NC(=O)C(C)OC(=O)CCc1c(C)nc2nc(C(F)(F)F)nn2c1C. The van der Waals surface area contributed by atoms with Crippen molar-refractivity contribution in [3.05, 3.63) is 22.8 Å². The third kappa shape index (κ3) is 5.42. The van der Waals surface area contributed by atoms with Crippen molar-refractivity contribution in [1.82, 2.24) is 30.2 Å². The molecule has 0 fully saturated rings. The molecule has 0 spiro atoms. The van der Waals surface area contributed by atoms with Crippen LogP contribution < -0.4 is 10.6 Å². The average molecular weight is 430 g/mol. The Morgan fingerprint density at radius 3 is 2.47 bits per heavy atom. The molecule has 2 aromatic heterocycles. The summed E-state index contributed by atoms with van der Waals surface area (Å²) in [7, 11) is 0. The number of ether oxygens (including phenoxy) is 1. The lowest BCUT2D eigenvalue weighted by atomic mass is 10.1. The molecule has 1 atom stereocenters. The Morgan fingerprint density at radius 1 is 1.20 bits per heavy atom. The molecule has 0 aliphatic heterocycles. The summed E-state index contributed by atoms with van der Waals surface area (Å²) < 4.78 is 44.5. The standard InChI is InChI=1S/C17H21F3N6O4/c1-5-21-16(29)23-13(28)10(4)30-12(27)7-6-11-8(2)22-15-24-14(17(18,19)20)25-26(15)9(11)3/h10H,5-7H2,1-4H3,(H2,21,23,28,29). The summed E-state index contributed by atoms with van der Waals surface area (Å²) in [4.78, 5) is 42.6. The van der Waals surface area contributed by atoms with Gasteiger partial charge in [0.25, 0.3) is 17.5 Å². The van der Waals surface area contributed by atoms with Crippen molar-refractivity contribution in [3.8, 4) is 0 Å². The summed E-state index contributed by atoms with van der Waals surface area (Å²) in [5.74, 6) is -3.01. The van der Waals surface area contributed by atoms with Crippen molar-refractivity contribution >= 4 is 23.7 Å². The number of urea groups is 1. The van der Waals surface area contributed by atoms with Crippen LogP contribution in [0.5, 0.6) is 0 Å². The van der Waals surface area contributed by atoms with Crippen LogP contribution in [0.25, 0.3) is 5.78 Å². The fraction of sp³-hybridized carbons (Fsp3) is 0.529. The number of aryl methyl sites for hydroxylation is 2. The fourth-order valence-electron chi connectivity index (χ4n) is 2.65. The molecule has 30 heavy (non-hydrogen) atoms. The van der Waals surface area contributed by atoms with Gasteiger partial charge in [-0.15, -0.1) is 5.10 Å². The van der Waals surface area contributed by atoms with Gasteiger partial charge in [-0.1, -0.05) is 0 Å². The quantitative estimate of drug-likeness (QED) is 0.664. The normalized spacial score (nSPS) is 12.5. The molecule has 2 rings (SSSR count). The number of nitrogens with zero attached hydrogens (tertiary/aromatic N) is 4. The van der Waals surface area contributed by atoms with Crippen LogP contribution >= 0.6 is 0 Å². The lowest BCUT2D eigenvalue weighted by Crippen LogP contribution is -2.44. The fourth-order valence-corrected chi connectivity index (χ4v) is 2.65. The van der Waals surface area contributed by atoms with Crippen LogP contribution in [0.3, 0.4) is 0 Å². The van der Waals surface area contributed by atoms with Crippen LogP contribution in [-0.4, -0.2) is 50.1 Å². The number of amides is 3. The van der Waals surface area contributed by atoms with E-state index in [0.29, 0.717) is 23.5 Å². The molecule has 0 aliphatic rings. The first-order valence-electron chi connectivity index (χ1n) is 9.02. The van der Waals surface area contributed by atoms with Crippen LogP contribution in [0.15, 0.2) is 0 Å². The van der Waals surface area contributed by atoms with Crippen molar-refractivity contribution in [3.63, 3.8) is 0 Å². The largest absolute Gasteiger partial charge is 0.453 e. The minimum atomic E-state index is -4.71. The second-order valence-corrected chi connectivity index (χ2v) is 6.39. The summed E-state index contributed by atoms with van der Waals surface area (Å²) >= 11 is 0. The number of carbonyl (C=O) groups excluding carboxylic acids is 3. The zero-order valence-electron chi connectivity index (χ0n) is 16.8. The number of fused-ring (bicyclic) bond motifs is 1. The Morgan fingerprint density at radius 2 is 1.87 bits per heavy atom. The molecule has 164 valence electrons. The molecule has 3 amide bonds. The molecule has 2 aromatic rings. The van der Waals surface area contributed by atoms with Gasteiger partial charge >= 0.3 is 18.2 Å². The van der Waals surface area contributed by atoms with Crippen molar-refractivity contribution in [1.29, 1.82) is 0 Å². The highest BCUT2D eigenvalue weighted by Gasteiger charge is 2.37. The van der Waals surface area contributed by atoms with Crippen molar-refractivity contribution in [2.45, 2.75) is 52.8 Å². The van der Waals surface area contributed by atoms with E-state index < -0.39 is 36.0 Å². The molecule has 0 bridgehead atoms. The molecule has 2 heterocycles. The van der Waals surface area contributed by atoms with Gasteiger partial charge in [-0.3, -0.25) is 14.9 Å². The number of carbonyl (C=O) groups is 3. The van der Waals surface area contributed by atoms with E-state index in [1.165, 1.54) is 6.92 Å². The minimum absolute atomic E-state index is 0.102. The molecule has 2 N–H and O–H groups in total. The van der Waals surface area contributed by atoms with Crippen molar-refractivity contribution in [2.24, 2.45) is 0 Å². The van der Waals surface area contributed by atoms with E-state index in [9.17, 15) is 27.6 Å². The lowest BCUT2D eigenvalue weighted by Gasteiger charge is -2.14. The third-order valence-corrected chi connectivity index (χ3v) is 4.13. The zero-order valence-corrected chi connectivity index (χ0v) is 16.8. The summed E-state index contributed by atoms with van der Waals surface area (Å²) in [5, 5.41) is 7.83. The molecule has 10 nitrogen and oxygen atoms in total. The Labute approximate surface area is 169 Å². The van der Waals surface area contributed by atoms with Gasteiger partial charge in [-0.25, -0.2) is 14.3 Å². The van der Waals surface area contributed by atoms with Gasteiger partial charge in [0.1, 0.15) is 0 Å².